The maximum Gasteiger partial charge on any atom is 0.322 e. The number of nitrogens with zero attached hydrogens (tertiary/aromatic N) is 2. The Labute approximate surface area is 123 Å². The van der Waals surface area contributed by atoms with Crippen LogP contribution in [0, 0.1) is 12.7 Å². The molecule has 0 bridgehead atoms. The average molecular weight is 294 g/mol. The summed E-state index contributed by atoms with van der Waals surface area (Å²) in [5, 5.41) is 9.15. The number of carbonyl (C=O) groups is 2. The molecule has 21 heavy (non-hydrogen) atoms. The van der Waals surface area contributed by atoms with E-state index in [1.807, 2.05) is 0 Å². The average Bonchev–Trinajstić information content (AvgIpc) is 2.42. The van der Waals surface area contributed by atoms with Gasteiger partial charge < -0.3 is 10.0 Å². The van der Waals surface area contributed by atoms with Crippen LogP contribution >= 0.6 is 0 Å². The summed E-state index contributed by atoms with van der Waals surface area (Å²) in [6, 6.07) is 3.66. The number of carboxylic acid groups (broad SMARTS) is 1. The molecule has 1 aliphatic heterocycles. The standard InChI is InChI=1S/C15H19FN2O3/c1-10-7-12(16)4-3-11(10)8-14(19)18-6-5-17(2)13(9-18)15(20)21/h3-4,7,13H,5-6,8-9H2,1-2H3,(H,20,21)/t13-/m1/s1. The van der Waals surface area contributed by atoms with Crippen LogP contribution in [0.3, 0.4) is 0 Å². The molecule has 1 amide bonds. The van der Waals surface area contributed by atoms with Crippen molar-refractivity contribution in [1.82, 2.24) is 9.80 Å². The zero-order chi connectivity index (χ0) is 15.6. The quantitative estimate of drug-likeness (QED) is 0.900. The molecule has 6 heteroatoms. The predicted molar refractivity (Wildman–Crippen MR) is 75.5 cm³/mol. The Morgan fingerprint density at radius 1 is 1.38 bits per heavy atom. The molecule has 1 atom stereocenters. The maximum atomic E-state index is 13.1. The van der Waals surface area contributed by atoms with Gasteiger partial charge in [0.25, 0.3) is 0 Å². The zero-order valence-corrected chi connectivity index (χ0v) is 12.2. The van der Waals surface area contributed by atoms with Crippen molar-refractivity contribution in [2.75, 3.05) is 26.7 Å². The molecule has 5 nitrogen and oxygen atoms in total. The summed E-state index contributed by atoms with van der Waals surface area (Å²) in [4.78, 5) is 26.8. The van der Waals surface area contributed by atoms with Gasteiger partial charge in [0, 0.05) is 19.6 Å². The molecule has 0 aromatic heterocycles. The first kappa shape index (κ1) is 15.4. The van der Waals surface area contributed by atoms with Gasteiger partial charge in [0.15, 0.2) is 0 Å². The molecule has 1 N–H and O–H groups in total. The van der Waals surface area contributed by atoms with Crippen molar-refractivity contribution in [3.63, 3.8) is 0 Å². The molecule has 2 rings (SSSR count). The number of carbonyl (C=O) groups excluding carboxylic acids is 1. The van der Waals surface area contributed by atoms with E-state index < -0.39 is 12.0 Å². The van der Waals surface area contributed by atoms with Gasteiger partial charge in [-0.2, -0.15) is 0 Å². The molecule has 1 aromatic carbocycles. The van der Waals surface area contributed by atoms with Crippen LogP contribution in [0.1, 0.15) is 11.1 Å². The van der Waals surface area contributed by atoms with Crippen molar-refractivity contribution < 1.29 is 19.1 Å². The molecule has 114 valence electrons. The Kier molecular flexibility index (Phi) is 4.57. The molecule has 0 aliphatic carbocycles. The fraction of sp³-hybridized carbons (Fsp3) is 0.467. The molecule has 1 heterocycles. The molecule has 0 saturated carbocycles. The van der Waals surface area contributed by atoms with Crippen molar-refractivity contribution >= 4 is 11.9 Å². The second-order valence-electron chi connectivity index (χ2n) is 5.42. The van der Waals surface area contributed by atoms with E-state index in [-0.39, 0.29) is 24.7 Å². The second kappa shape index (κ2) is 6.22. The molecular formula is C15H19FN2O3. The summed E-state index contributed by atoms with van der Waals surface area (Å²) < 4.78 is 13.1. The number of piperazine rings is 1. The Hall–Kier alpha value is -1.95. The first-order valence-corrected chi connectivity index (χ1v) is 6.84. The van der Waals surface area contributed by atoms with Crippen molar-refractivity contribution in [2.45, 2.75) is 19.4 Å². The van der Waals surface area contributed by atoms with Gasteiger partial charge in [-0.15, -0.1) is 0 Å². The van der Waals surface area contributed by atoms with Gasteiger partial charge in [-0.1, -0.05) is 6.07 Å². The third-order valence-electron chi connectivity index (χ3n) is 3.93. The van der Waals surface area contributed by atoms with Gasteiger partial charge in [-0.25, -0.2) is 4.39 Å². The van der Waals surface area contributed by atoms with Crippen LogP contribution in [0.4, 0.5) is 4.39 Å². The van der Waals surface area contributed by atoms with Gasteiger partial charge in [-0.3, -0.25) is 14.5 Å². The van der Waals surface area contributed by atoms with Gasteiger partial charge in [0.2, 0.25) is 5.91 Å². The lowest BCUT2D eigenvalue weighted by atomic mass is 10.0. The minimum absolute atomic E-state index is 0.121. The third-order valence-corrected chi connectivity index (χ3v) is 3.93. The Morgan fingerprint density at radius 3 is 2.71 bits per heavy atom. The lowest BCUT2D eigenvalue weighted by molar-refractivity contribution is -0.147. The van der Waals surface area contributed by atoms with Crippen LogP contribution in [0.5, 0.6) is 0 Å². The highest BCUT2D eigenvalue weighted by molar-refractivity contribution is 5.81. The topological polar surface area (TPSA) is 60.9 Å². The van der Waals surface area contributed by atoms with Crippen molar-refractivity contribution in [2.24, 2.45) is 0 Å². The van der Waals surface area contributed by atoms with E-state index in [4.69, 9.17) is 5.11 Å². The highest BCUT2D eigenvalue weighted by Crippen LogP contribution is 2.14. The lowest BCUT2D eigenvalue weighted by Gasteiger charge is -2.37. The van der Waals surface area contributed by atoms with E-state index in [0.29, 0.717) is 13.1 Å². The van der Waals surface area contributed by atoms with Crippen LogP contribution < -0.4 is 0 Å². The predicted octanol–water partition coefficient (Wildman–Crippen LogP) is 0.904. The van der Waals surface area contributed by atoms with Crippen LogP contribution in [0.25, 0.3) is 0 Å². The van der Waals surface area contributed by atoms with Crippen LogP contribution in [-0.4, -0.2) is 59.5 Å². The van der Waals surface area contributed by atoms with Crippen molar-refractivity contribution in [3.05, 3.63) is 35.1 Å². The summed E-state index contributed by atoms with van der Waals surface area (Å²) in [6.07, 6.45) is 0.169. The Balaban J connectivity index is 2.05. The van der Waals surface area contributed by atoms with E-state index >= 15 is 0 Å². The Morgan fingerprint density at radius 2 is 2.10 bits per heavy atom. The van der Waals surface area contributed by atoms with E-state index in [0.717, 1.165) is 11.1 Å². The smallest absolute Gasteiger partial charge is 0.322 e. The van der Waals surface area contributed by atoms with Crippen molar-refractivity contribution in [1.29, 1.82) is 0 Å². The minimum atomic E-state index is -0.923. The Bertz CT molecular complexity index is 562. The summed E-state index contributed by atoms with van der Waals surface area (Å²) in [5.74, 6) is -1.37. The second-order valence-corrected chi connectivity index (χ2v) is 5.42. The molecule has 0 spiro atoms. The number of hydrogen-bond donors (Lipinski definition) is 1. The SMILES string of the molecule is Cc1cc(F)ccc1CC(=O)N1CCN(C)[C@@H](C(=O)O)C1. The highest BCUT2D eigenvalue weighted by Gasteiger charge is 2.31. The molecular weight excluding hydrogens is 275 g/mol. The lowest BCUT2D eigenvalue weighted by Crippen LogP contribution is -2.56. The first-order valence-electron chi connectivity index (χ1n) is 6.84. The summed E-state index contributed by atoms with van der Waals surface area (Å²) in [5.41, 5.74) is 1.50. The molecule has 1 saturated heterocycles. The number of aliphatic carboxylic acids is 1. The first-order chi connectivity index (χ1) is 9.88. The number of likely N-dealkylation sites (N-methyl/N-ethyl adjacent to an activating group) is 1. The number of carboxylic acids is 1. The van der Waals surface area contributed by atoms with Gasteiger partial charge in [0.05, 0.1) is 6.42 Å². The molecule has 1 fully saturated rings. The van der Waals surface area contributed by atoms with E-state index in [2.05, 4.69) is 0 Å². The number of halogens is 1. The molecule has 0 radical (unpaired) electrons. The van der Waals surface area contributed by atoms with Gasteiger partial charge >= 0.3 is 5.97 Å². The van der Waals surface area contributed by atoms with Crippen LogP contribution in [0.2, 0.25) is 0 Å². The molecule has 1 aromatic rings. The van der Waals surface area contributed by atoms with Crippen LogP contribution in [-0.2, 0) is 16.0 Å². The maximum absolute atomic E-state index is 13.1. The summed E-state index contributed by atoms with van der Waals surface area (Å²) in [7, 11) is 1.74. The van der Waals surface area contributed by atoms with Gasteiger partial charge in [0.1, 0.15) is 11.9 Å². The molecule has 0 unspecified atom stereocenters. The fourth-order valence-electron chi connectivity index (χ4n) is 2.50. The third kappa shape index (κ3) is 3.58. The number of aryl methyl sites for hydroxylation is 1. The monoisotopic (exact) mass is 294 g/mol. The minimum Gasteiger partial charge on any atom is -0.480 e. The summed E-state index contributed by atoms with van der Waals surface area (Å²) in [6.45, 7) is 2.99. The van der Waals surface area contributed by atoms with E-state index in [9.17, 15) is 14.0 Å². The highest BCUT2D eigenvalue weighted by atomic mass is 19.1. The van der Waals surface area contributed by atoms with Crippen LogP contribution in [0.15, 0.2) is 18.2 Å². The number of hydrogen-bond acceptors (Lipinski definition) is 3. The molecule has 1 aliphatic rings. The van der Waals surface area contributed by atoms with E-state index in [1.165, 1.54) is 12.1 Å². The van der Waals surface area contributed by atoms with Crippen molar-refractivity contribution in [3.8, 4) is 0 Å². The number of rotatable bonds is 3. The fourth-order valence-corrected chi connectivity index (χ4v) is 2.50. The van der Waals surface area contributed by atoms with Gasteiger partial charge in [-0.05, 0) is 37.2 Å². The number of benzene rings is 1. The summed E-state index contributed by atoms with van der Waals surface area (Å²) >= 11 is 0. The zero-order valence-electron chi connectivity index (χ0n) is 12.2. The largest absolute Gasteiger partial charge is 0.480 e. The van der Waals surface area contributed by atoms with E-state index in [1.54, 1.807) is 29.8 Å². The number of amides is 1. The normalized spacial score (nSPS) is 19.6.